The fourth-order valence-electron chi connectivity index (χ4n) is 3.67. The van der Waals surface area contributed by atoms with E-state index in [1.54, 1.807) is 20.3 Å². The Balaban J connectivity index is 2.06. The van der Waals surface area contributed by atoms with Gasteiger partial charge in [0.2, 0.25) is 0 Å². The van der Waals surface area contributed by atoms with Crippen LogP contribution >= 0.6 is 0 Å². The molecule has 11 nitrogen and oxygen atoms in total. The quantitative estimate of drug-likeness (QED) is 0.301. The second kappa shape index (κ2) is 7.44. The Morgan fingerprint density at radius 3 is 2.81 bits per heavy atom. The maximum atomic E-state index is 12.8. The molecule has 3 rings (SSSR count). The van der Waals surface area contributed by atoms with Crippen LogP contribution < -0.4 is 5.32 Å². The van der Waals surface area contributed by atoms with E-state index in [9.17, 15) is 13.2 Å². The highest BCUT2D eigenvalue weighted by molar-refractivity contribution is 7.80. The summed E-state index contributed by atoms with van der Waals surface area (Å²) in [6.07, 6.45) is 4.66. The van der Waals surface area contributed by atoms with Crippen molar-refractivity contribution in [1.82, 2.24) is 25.1 Å². The highest BCUT2D eigenvalue weighted by atomic mass is 32.3. The highest BCUT2D eigenvalue weighted by Gasteiger charge is 2.53. The van der Waals surface area contributed by atoms with Crippen LogP contribution in [-0.4, -0.2) is 65.2 Å². The fraction of sp³-hybridized carbons (Fsp3) is 0.667. The van der Waals surface area contributed by atoms with E-state index in [0.717, 1.165) is 25.0 Å². The maximum Gasteiger partial charge on any atom is 0.418 e. The average molecular weight is 400 g/mol. The molecule has 2 aliphatic rings. The molecular weight excluding hydrogens is 376 g/mol. The Kier molecular flexibility index (Phi) is 5.40. The van der Waals surface area contributed by atoms with E-state index in [4.69, 9.17) is 4.55 Å². The molecule has 0 aromatic carbocycles. The van der Waals surface area contributed by atoms with Crippen molar-refractivity contribution >= 4 is 22.3 Å². The van der Waals surface area contributed by atoms with Gasteiger partial charge in [-0.2, -0.15) is 18.6 Å². The van der Waals surface area contributed by atoms with Gasteiger partial charge < -0.3 is 10.2 Å². The van der Waals surface area contributed by atoms with Crippen LogP contribution in [0.15, 0.2) is 11.2 Å². The Morgan fingerprint density at radius 2 is 2.22 bits per heavy atom. The van der Waals surface area contributed by atoms with Crippen molar-refractivity contribution in [2.24, 2.45) is 4.99 Å². The minimum Gasteiger partial charge on any atom is -0.375 e. The summed E-state index contributed by atoms with van der Waals surface area (Å²) < 4.78 is 37.9. The second-order valence-corrected chi connectivity index (χ2v) is 7.46. The Morgan fingerprint density at radius 1 is 1.48 bits per heavy atom. The predicted octanol–water partition coefficient (Wildman–Crippen LogP) is 0.889. The molecule has 0 aliphatic carbocycles. The molecule has 2 amide bonds. The third-order valence-electron chi connectivity index (χ3n) is 4.83. The van der Waals surface area contributed by atoms with Crippen molar-refractivity contribution in [3.8, 4) is 0 Å². The van der Waals surface area contributed by atoms with Crippen LogP contribution in [0, 0.1) is 0 Å². The summed E-state index contributed by atoms with van der Waals surface area (Å²) in [6.45, 7) is 2.99. The number of urea groups is 1. The number of amides is 2. The molecular formula is C15H24N6O5S. The van der Waals surface area contributed by atoms with Gasteiger partial charge in [-0.05, 0) is 6.42 Å². The van der Waals surface area contributed by atoms with E-state index < -0.39 is 28.5 Å². The standard InChI is InChI=1S/C15H24N6O5S/c1-4-5-6-7-20-12-10(8-18-20)11-9-19(13(12)14(16-2)17-3)15(22)21(11)26-27(23,24)25/h8,11,13H,4-7,9H2,1-3H3,(H,16,17)(H,23,24,25)/t11-,13-/m0/s1. The Hall–Kier alpha value is -2.18. The first-order valence-corrected chi connectivity index (χ1v) is 10.2. The lowest BCUT2D eigenvalue weighted by atomic mass is 9.97. The number of aromatic nitrogens is 2. The number of unbranched alkanes of at least 4 members (excludes halogenated alkanes) is 2. The average Bonchev–Trinajstić information content (AvgIpc) is 3.14. The van der Waals surface area contributed by atoms with Gasteiger partial charge in [0.15, 0.2) is 0 Å². The summed E-state index contributed by atoms with van der Waals surface area (Å²) >= 11 is 0. The largest absolute Gasteiger partial charge is 0.418 e. The van der Waals surface area contributed by atoms with Gasteiger partial charge in [-0.25, -0.2) is 4.79 Å². The molecule has 1 fully saturated rings. The van der Waals surface area contributed by atoms with Crippen molar-refractivity contribution in [3.63, 3.8) is 0 Å². The van der Waals surface area contributed by atoms with Gasteiger partial charge in [-0.3, -0.25) is 14.2 Å². The molecule has 2 atom stereocenters. The number of fused-ring (bicyclic) bond motifs is 4. The number of carbonyl (C=O) groups excluding carboxylic acids is 1. The van der Waals surface area contributed by atoms with Crippen LogP contribution in [0.5, 0.6) is 0 Å². The summed E-state index contributed by atoms with van der Waals surface area (Å²) in [6, 6.07) is -1.88. The zero-order valence-electron chi connectivity index (χ0n) is 15.5. The van der Waals surface area contributed by atoms with Crippen molar-refractivity contribution in [1.29, 1.82) is 0 Å². The molecule has 0 saturated carbocycles. The first kappa shape index (κ1) is 19.6. The summed E-state index contributed by atoms with van der Waals surface area (Å²) in [5.74, 6) is 0.550. The molecule has 1 saturated heterocycles. The summed E-state index contributed by atoms with van der Waals surface area (Å²) in [5.41, 5.74) is 1.45. The number of rotatable bonds is 7. The van der Waals surface area contributed by atoms with E-state index in [1.165, 1.54) is 4.90 Å². The number of hydrogen-bond acceptors (Lipinski definition) is 6. The summed E-state index contributed by atoms with van der Waals surface area (Å²) in [7, 11) is -1.52. The highest BCUT2D eigenvalue weighted by Crippen LogP contribution is 2.44. The number of amidine groups is 1. The Labute approximate surface area is 157 Å². The number of nitrogens with one attached hydrogen (secondary N) is 1. The number of aliphatic imine (C=N–C) groups is 1. The number of likely N-dealkylation sites (N-methyl/N-ethyl adjacent to an activating group) is 1. The summed E-state index contributed by atoms with van der Waals surface area (Å²) in [5, 5.41) is 8.14. The molecule has 1 aromatic heterocycles. The van der Waals surface area contributed by atoms with Crippen LogP contribution in [0.1, 0.15) is 49.5 Å². The van der Waals surface area contributed by atoms with Gasteiger partial charge in [0.05, 0.1) is 18.4 Å². The van der Waals surface area contributed by atoms with Crippen LogP contribution in [0.25, 0.3) is 0 Å². The zero-order valence-corrected chi connectivity index (χ0v) is 16.3. The molecule has 2 N–H and O–H groups in total. The smallest absolute Gasteiger partial charge is 0.375 e. The first-order chi connectivity index (χ1) is 12.8. The second-order valence-electron chi connectivity index (χ2n) is 6.46. The van der Waals surface area contributed by atoms with Crippen molar-refractivity contribution in [2.75, 3.05) is 20.6 Å². The van der Waals surface area contributed by atoms with Crippen molar-refractivity contribution in [2.45, 2.75) is 44.8 Å². The topological polar surface area (TPSA) is 129 Å². The van der Waals surface area contributed by atoms with E-state index in [-0.39, 0.29) is 6.54 Å². The number of nitrogens with zero attached hydrogens (tertiary/aromatic N) is 5. The Bertz CT molecular complexity index is 851. The van der Waals surface area contributed by atoms with Gasteiger partial charge in [-0.1, -0.05) is 19.8 Å². The van der Waals surface area contributed by atoms with Gasteiger partial charge >= 0.3 is 16.4 Å². The fourth-order valence-corrected chi connectivity index (χ4v) is 4.05. The number of carbonyl (C=O) groups is 1. The molecule has 27 heavy (non-hydrogen) atoms. The van der Waals surface area contributed by atoms with Crippen molar-refractivity contribution in [3.05, 3.63) is 17.5 Å². The first-order valence-electron chi connectivity index (χ1n) is 8.79. The van der Waals surface area contributed by atoms with Gasteiger partial charge in [0, 0.05) is 26.2 Å². The number of aryl methyl sites for hydroxylation is 1. The lowest BCUT2D eigenvalue weighted by molar-refractivity contribution is -0.0316. The van der Waals surface area contributed by atoms with Crippen LogP contribution in [0.3, 0.4) is 0 Å². The number of hydroxylamine groups is 2. The SMILES string of the molecule is CCCCCn1ncc2c1[C@@H](C(=NC)NC)N1C[C@@H]2N(OS(=O)(=O)O)C1=O. The maximum absolute atomic E-state index is 12.8. The third-order valence-corrected chi connectivity index (χ3v) is 5.18. The molecule has 3 heterocycles. The molecule has 0 spiro atoms. The lowest BCUT2D eigenvalue weighted by Gasteiger charge is -2.32. The lowest BCUT2D eigenvalue weighted by Crippen LogP contribution is -2.43. The van der Waals surface area contributed by atoms with E-state index in [0.29, 0.717) is 23.0 Å². The van der Waals surface area contributed by atoms with Gasteiger partial charge in [-0.15, -0.1) is 4.28 Å². The molecule has 0 unspecified atom stereocenters. The predicted molar refractivity (Wildman–Crippen MR) is 96.2 cm³/mol. The normalized spacial score (nSPS) is 22.4. The van der Waals surface area contributed by atoms with Gasteiger partial charge in [0.1, 0.15) is 17.9 Å². The van der Waals surface area contributed by atoms with Crippen LogP contribution in [-0.2, 0) is 21.2 Å². The van der Waals surface area contributed by atoms with Crippen LogP contribution in [0.4, 0.5) is 4.79 Å². The van der Waals surface area contributed by atoms with E-state index in [1.807, 2.05) is 4.68 Å². The molecule has 12 heteroatoms. The minimum atomic E-state index is -4.84. The van der Waals surface area contributed by atoms with Crippen LogP contribution in [0.2, 0.25) is 0 Å². The number of hydrogen-bond donors (Lipinski definition) is 2. The van der Waals surface area contributed by atoms with E-state index >= 15 is 0 Å². The zero-order chi connectivity index (χ0) is 19.8. The van der Waals surface area contributed by atoms with E-state index in [2.05, 4.69) is 26.6 Å². The molecule has 2 bridgehead atoms. The molecule has 2 aliphatic heterocycles. The minimum absolute atomic E-state index is 0.202. The van der Waals surface area contributed by atoms with Gasteiger partial charge in [0.25, 0.3) is 0 Å². The summed E-state index contributed by atoms with van der Waals surface area (Å²) in [4.78, 5) is 18.5. The monoisotopic (exact) mass is 400 g/mol. The molecule has 150 valence electrons. The third kappa shape index (κ3) is 3.51. The molecule has 0 radical (unpaired) electrons. The molecule has 1 aromatic rings. The van der Waals surface area contributed by atoms with Crippen molar-refractivity contribution < 1.29 is 22.0 Å².